The molecule has 1 N–H and O–H groups in total. The van der Waals surface area contributed by atoms with Crippen molar-refractivity contribution in [3.8, 4) is 0 Å². The summed E-state index contributed by atoms with van der Waals surface area (Å²) in [4.78, 5) is 0. The van der Waals surface area contributed by atoms with Crippen molar-refractivity contribution >= 4 is 17.4 Å². The van der Waals surface area contributed by atoms with Crippen LogP contribution in [0.3, 0.4) is 0 Å². The predicted octanol–water partition coefficient (Wildman–Crippen LogP) is 1.43. The lowest BCUT2D eigenvalue weighted by molar-refractivity contribution is 0.676. The molecule has 2 rings (SSSR count). The molecule has 2 aromatic rings. The maximum Gasteiger partial charge on any atom is 0.195 e. The largest absolute Gasteiger partial charge is 0.316 e. The lowest BCUT2D eigenvalue weighted by Gasteiger charge is -2.07. The summed E-state index contributed by atoms with van der Waals surface area (Å²) in [5.41, 5.74) is 0.900. The van der Waals surface area contributed by atoms with Gasteiger partial charge in [-0.15, -0.1) is 10.2 Å². The highest BCUT2D eigenvalue weighted by atomic mass is 32.2. The van der Waals surface area contributed by atoms with Crippen molar-refractivity contribution in [2.45, 2.75) is 18.1 Å². The van der Waals surface area contributed by atoms with Gasteiger partial charge >= 0.3 is 0 Å². The highest BCUT2D eigenvalue weighted by molar-refractivity contribution is 7.99. The summed E-state index contributed by atoms with van der Waals surface area (Å²) in [6.45, 7) is 2.15. The highest BCUT2D eigenvalue weighted by Gasteiger charge is 2.06. The minimum atomic E-state index is 0.478. The Balaban J connectivity index is 2.14. The minimum absolute atomic E-state index is 0.478. The smallest absolute Gasteiger partial charge is 0.195 e. The van der Waals surface area contributed by atoms with Gasteiger partial charge < -0.3 is 5.32 Å². The molecule has 0 spiro atoms. The summed E-state index contributed by atoms with van der Waals surface area (Å²) in [5, 5.41) is 12.4. The summed E-state index contributed by atoms with van der Waals surface area (Å²) < 4.78 is 2.01. The Morgan fingerprint density at radius 3 is 3.13 bits per heavy atom. The molecule has 0 aliphatic carbocycles. The molecule has 0 aliphatic heterocycles. The number of nitrogens with zero attached hydrogens (tertiary/aromatic N) is 3. The van der Waals surface area contributed by atoms with Gasteiger partial charge in [0.15, 0.2) is 10.8 Å². The van der Waals surface area contributed by atoms with Gasteiger partial charge in [-0.1, -0.05) is 17.8 Å². The van der Waals surface area contributed by atoms with Crippen molar-refractivity contribution in [2.75, 3.05) is 12.8 Å². The summed E-state index contributed by atoms with van der Waals surface area (Å²) in [6.07, 6.45) is 1.99. The van der Waals surface area contributed by atoms with E-state index >= 15 is 0 Å². The van der Waals surface area contributed by atoms with Crippen LogP contribution in [0.2, 0.25) is 0 Å². The molecule has 0 saturated carbocycles. The monoisotopic (exact) mass is 222 g/mol. The van der Waals surface area contributed by atoms with E-state index in [0.717, 1.165) is 16.6 Å². The van der Waals surface area contributed by atoms with Crippen LogP contribution in [0.5, 0.6) is 0 Å². The van der Waals surface area contributed by atoms with E-state index in [9.17, 15) is 0 Å². The standard InChI is InChI=1S/C10H14N4S/c1-8(11-2)7-15-10-13-12-9-5-3-4-6-14(9)10/h3-6,8,11H,7H2,1-2H3. The van der Waals surface area contributed by atoms with Gasteiger partial charge in [0.25, 0.3) is 0 Å². The van der Waals surface area contributed by atoms with Crippen LogP contribution in [0.25, 0.3) is 5.65 Å². The molecular weight excluding hydrogens is 208 g/mol. The molecular formula is C10H14N4S. The van der Waals surface area contributed by atoms with Crippen LogP contribution in [-0.4, -0.2) is 33.4 Å². The fourth-order valence-electron chi connectivity index (χ4n) is 1.20. The van der Waals surface area contributed by atoms with Crippen LogP contribution in [0.15, 0.2) is 29.6 Å². The Bertz CT molecular complexity index is 440. The van der Waals surface area contributed by atoms with E-state index < -0.39 is 0 Å². The fraction of sp³-hybridized carbons (Fsp3) is 0.400. The molecule has 0 saturated heterocycles. The molecule has 1 unspecified atom stereocenters. The molecule has 4 nitrogen and oxygen atoms in total. The second-order valence-corrected chi connectivity index (χ2v) is 4.40. The molecule has 2 aromatic heterocycles. The van der Waals surface area contributed by atoms with Crippen LogP contribution in [0.1, 0.15) is 6.92 Å². The highest BCUT2D eigenvalue weighted by Crippen LogP contribution is 2.17. The number of aromatic nitrogens is 3. The first-order chi connectivity index (χ1) is 7.31. The van der Waals surface area contributed by atoms with Crippen molar-refractivity contribution in [1.29, 1.82) is 0 Å². The van der Waals surface area contributed by atoms with Crippen molar-refractivity contribution in [3.05, 3.63) is 24.4 Å². The second-order valence-electron chi connectivity index (χ2n) is 3.41. The predicted molar refractivity (Wildman–Crippen MR) is 62.2 cm³/mol. The number of nitrogens with one attached hydrogen (secondary N) is 1. The first kappa shape index (κ1) is 10.4. The minimum Gasteiger partial charge on any atom is -0.316 e. The van der Waals surface area contributed by atoms with E-state index in [1.165, 1.54) is 0 Å². The Kier molecular flexibility index (Phi) is 3.23. The van der Waals surface area contributed by atoms with Crippen LogP contribution < -0.4 is 5.32 Å². The van der Waals surface area contributed by atoms with Gasteiger partial charge in [-0.05, 0) is 26.1 Å². The Labute approximate surface area is 93.1 Å². The SMILES string of the molecule is CNC(C)CSc1nnc2ccccn12. The molecule has 0 amide bonds. The number of fused-ring (bicyclic) bond motifs is 1. The zero-order chi connectivity index (χ0) is 10.7. The third-order valence-electron chi connectivity index (χ3n) is 2.24. The van der Waals surface area contributed by atoms with Gasteiger partial charge in [0.05, 0.1) is 0 Å². The van der Waals surface area contributed by atoms with Gasteiger partial charge in [0, 0.05) is 18.0 Å². The maximum atomic E-state index is 4.15. The van der Waals surface area contributed by atoms with Crippen molar-refractivity contribution in [1.82, 2.24) is 19.9 Å². The second kappa shape index (κ2) is 4.63. The van der Waals surface area contributed by atoms with Crippen molar-refractivity contribution in [2.24, 2.45) is 0 Å². The molecule has 0 aromatic carbocycles. The first-order valence-corrected chi connectivity index (χ1v) is 5.89. The number of hydrogen-bond donors (Lipinski definition) is 1. The molecule has 2 heterocycles. The molecule has 15 heavy (non-hydrogen) atoms. The first-order valence-electron chi connectivity index (χ1n) is 4.91. The Morgan fingerprint density at radius 2 is 2.33 bits per heavy atom. The molecule has 0 fully saturated rings. The average molecular weight is 222 g/mol. The van der Waals surface area contributed by atoms with Crippen LogP contribution in [-0.2, 0) is 0 Å². The average Bonchev–Trinajstić information content (AvgIpc) is 2.69. The quantitative estimate of drug-likeness (QED) is 0.795. The van der Waals surface area contributed by atoms with Crippen molar-refractivity contribution < 1.29 is 0 Å². The normalized spacial score (nSPS) is 13.2. The molecule has 0 bridgehead atoms. The van der Waals surface area contributed by atoms with E-state index in [0.29, 0.717) is 6.04 Å². The van der Waals surface area contributed by atoms with E-state index in [-0.39, 0.29) is 0 Å². The third-order valence-corrected chi connectivity index (χ3v) is 3.44. The molecule has 5 heteroatoms. The molecule has 0 radical (unpaired) electrons. The van der Waals surface area contributed by atoms with Crippen molar-refractivity contribution in [3.63, 3.8) is 0 Å². The maximum absolute atomic E-state index is 4.15. The summed E-state index contributed by atoms with van der Waals surface area (Å²) in [5.74, 6) is 0.992. The van der Waals surface area contributed by atoms with E-state index in [2.05, 4.69) is 22.4 Å². The van der Waals surface area contributed by atoms with Gasteiger partial charge in [-0.2, -0.15) is 0 Å². The molecule has 0 aliphatic rings. The van der Waals surface area contributed by atoms with E-state index in [1.54, 1.807) is 11.8 Å². The number of thioether (sulfide) groups is 1. The molecule has 80 valence electrons. The lowest BCUT2D eigenvalue weighted by Crippen LogP contribution is -2.23. The fourth-order valence-corrected chi connectivity index (χ4v) is 2.16. The Morgan fingerprint density at radius 1 is 1.47 bits per heavy atom. The summed E-state index contributed by atoms with van der Waals surface area (Å²) >= 11 is 1.72. The zero-order valence-electron chi connectivity index (χ0n) is 8.84. The lowest BCUT2D eigenvalue weighted by atomic mass is 10.4. The van der Waals surface area contributed by atoms with Gasteiger partial charge in [0.2, 0.25) is 0 Å². The van der Waals surface area contributed by atoms with Crippen LogP contribution in [0, 0.1) is 0 Å². The van der Waals surface area contributed by atoms with Gasteiger partial charge in [-0.25, -0.2) is 0 Å². The van der Waals surface area contributed by atoms with E-state index in [4.69, 9.17) is 0 Å². The molecule has 1 atom stereocenters. The summed E-state index contributed by atoms with van der Waals surface area (Å²) in [7, 11) is 1.97. The van der Waals surface area contributed by atoms with Crippen LogP contribution in [0.4, 0.5) is 0 Å². The Hall–Kier alpha value is -1.07. The number of hydrogen-bond acceptors (Lipinski definition) is 4. The third kappa shape index (κ3) is 2.30. The zero-order valence-corrected chi connectivity index (χ0v) is 9.66. The topological polar surface area (TPSA) is 42.2 Å². The number of pyridine rings is 1. The van der Waals surface area contributed by atoms with E-state index in [1.807, 2.05) is 35.8 Å². The summed E-state index contributed by atoms with van der Waals surface area (Å²) in [6, 6.07) is 6.39. The number of rotatable bonds is 4. The van der Waals surface area contributed by atoms with Crippen LogP contribution >= 0.6 is 11.8 Å². The van der Waals surface area contributed by atoms with Gasteiger partial charge in [0.1, 0.15) is 0 Å². The van der Waals surface area contributed by atoms with Gasteiger partial charge in [-0.3, -0.25) is 4.40 Å².